The van der Waals surface area contributed by atoms with Gasteiger partial charge in [-0.25, -0.2) is 0 Å². The maximum absolute atomic E-state index is 8.36. The third-order valence-electron chi connectivity index (χ3n) is 0.591. The number of hydrogen-bond donors (Lipinski definition) is 2. The Morgan fingerprint density at radius 3 is 2.56 bits per heavy atom. The van der Waals surface area contributed by atoms with Gasteiger partial charge in [0.1, 0.15) is 0 Å². The highest BCUT2D eigenvalue weighted by Gasteiger charge is 1.73. The number of aliphatic imine (C=N–C) groups is 1. The predicted octanol–water partition coefficient (Wildman–Crippen LogP) is -0.168. The highest BCUT2D eigenvalue weighted by Crippen LogP contribution is 1.73. The Morgan fingerprint density at radius 1 is 1.78 bits per heavy atom. The van der Waals surface area contributed by atoms with Crippen molar-refractivity contribution in [3.05, 3.63) is 12.3 Å². The molecule has 0 aromatic rings. The molecule has 4 heteroatoms. The summed E-state index contributed by atoms with van der Waals surface area (Å²) >= 11 is 0. The molecular formula is C5H8N2O2. The number of nitrogens with one attached hydrogen (secondary N) is 1. The molecule has 0 aromatic heterocycles. The lowest BCUT2D eigenvalue weighted by molar-refractivity contribution is -0.122. The van der Waals surface area contributed by atoms with Crippen LogP contribution < -0.4 is 5.32 Å². The Hall–Kier alpha value is -1.32. The fraction of sp³-hybridized carbons (Fsp3) is 0.200. The van der Waals surface area contributed by atoms with E-state index >= 15 is 0 Å². The fourth-order valence-electron chi connectivity index (χ4n) is 0.330. The molecule has 0 radical (unpaired) electrons. The molecule has 0 aromatic carbocycles. The molecule has 1 rings (SSSR count). The van der Waals surface area contributed by atoms with Crippen LogP contribution in [0.15, 0.2) is 17.3 Å². The standard InChI is InChI=1S/C4H6N2.CH2O2/c1-2-5-4-6-3-1;2-1-3/h1-2,4H,3H2,(H,5,6);1H,(H,2,3). The molecule has 0 unspecified atom stereocenters. The maximum atomic E-state index is 8.36. The summed E-state index contributed by atoms with van der Waals surface area (Å²) in [7, 11) is 0. The van der Waals surface area contributed by atoms with Gasteiger partial charge >= 0.3 is 0 Å². The fourth-order valence-corrected chi connectivity index (χ4v) is 0.330. The summed E-state index contributed by atoms with van der Waals surface area (Å²) in [5, 5.41) is 9.70. The minimum absolute atomic E-state index is 0.250. The van der Waals surface area contributed by atoms with Crippen molar-refractivity contribution in [1.82, 2.24) is 5.32 Å². The van der Waals surface area contributed by atoms with Crippen LogP contribution in [0.1, 0.15) is 0 Å². The molecule has 0 amide bonds. The van der Waals surface area contributed by atoms with Crippen molar-refractivity contribution in [2.24, 2.45) is 4.99 Å². The van der Waals surface area contributed by atoms with Gasteiger partial charge in [-0.05, 0) is 12.3 Å². The molecule has 0 fully saturated rings. The second-order valence-corrected chi connectivity index (χ2v) is 1.17. The molecular weight excluding hydrogens is 120 g/mol. The quantitative estimate of drug-likeness (QED) is 0.445. The van der Waals surface area contributed by atoms with E-state index in [1.54, 1.807) is 6.34 Å². The summed E-state index contributed by atoms with van der Waals surface area (Å²) < 4.78 is 0. The van der Waals surface area contributed by atoms with Crippen molar-refractivity contribution in [2.75, 3.05) is 6.54 Å². The Labute approximate surface area is 52.9 Å². The van der Waals surface area contributed by atoms with Gasteiger partial charge in [0.2, 0.25) is 0 Å². The normalized spacial score (nSPS) is 12.9. The lowest BCUT2D eigenvalue weighted by Gasteiger charge is -1.91. The Balaban J connectivity index is 0.000000187. The first-order valence-corrected chi connectivity index (χ1v) is 2.39. The Kier molecular flexibility index (Phi) is 5.70. The van der Waals surface area contributed by atoms with Gasteiger partial charge in [0.15, 0.2) is 0 Å². The molecule has 1 aliphatic heterocycles. The molecule has 0 atom stereocenters. The van der Waals surface area contributed by atoms with E-state index in [1.165, 1.54) is 0 Å². The third-order valence-corrected chi connectivity index (χ3v) is 0.591. The zero-order chi connectivity index (χ0) is 6.95. The van der Waals surface area contributed by atoms with Crippen molar-refractivity contribution in [3.63, 3.8) is 0 Å². The molecule has 0 spiro atoms. The molecule has 0 saturated heterocycles. The van der Waals surface area contributed by atoms with E-state index in [-0.39, 0.29) is 6.47 Å². The van der Waals surface area contributed by atoms with Crippen LogP contribution in [-0.4, -0.2) is 24.5 Å². The monoisotopic (exact) mass is 128 g/mol. The van der Waals surface area contributed by atoms with Crippen LogP contribution in [0.4, 0.5) is 0 Å². The predicted molar refractivity (Wildman–Crippen MR) is 34.3 cm³/mol. The van der Waals surface area contributed by atoms with Crippen LogP contribution in [0.5, 0.6) is 0 Å². The zero-order valence-corrected chi connectivity index (χ0v) is 4.82. The van der Waals surface area contributed by atoms with Gasteiger partial charge in [-0.3, -0.25) is 9.79 Å². The van der Waals surface area contributed by atoms with Gasteiger partial charge in [-0.1, -0.05) is 0 Å². The van der Waals surface area contributed by atoms with E-state index in [0.29, 0.717) is 0 Å². The largest absolute Gasteiger partial charge is 0.483 e. The highest BCUT2D eigenvalue weighted by atomic mass is 16.3. The number of hydrogen-bond acceptors (Lipinski definition) is 3. The Morgan fingerprint density at radius 2 is 2.44 bits per heavy atom. The van der Waals surface area contributed by atoms with E-state index in [1.807, 2.05) is 12.3 Å². The minimum Gasteiger partial charge on any atom is -0.483 e. The number of carboxylic acid groups (broad SMARTS) is 1. The van der Waals surface area contributed by atoms with E-state index in [4.69, 9.17) is 9.90 Å². The van der Waals surface area contributed by atoms with E-state index in [9.17, 15) is 0 Å². The summed E-state index contributed by atoms with van der Waals surface area (Å²) in [5.41, 5.74) is 0. The first-order chi connectivity index (χ1) is 4.41. The van der Waals surface area contributed by atoms with Gasteiger partial charge in [0.05, 0.1) is 12.9 Å². The first-order valence-electron chi connectivity index (χ1n) is 2.39. The lowest BCUT2D eigenvalue weighted by atomic mass is 10.6. The molecule has 50 valence electrons. The van der Waals surface area contributed by atoms with Crippen LogP contribution in [0.2, 0.25) is 0 Å². The minimum atomic E-state index is -0.250. The molecule has 1 heterocycles. The first kappa shape index (κ1) is 7.68. The van der Waals surface area contributed by atoms with Crippen molar-refractivity contribution in [1.29, 1.82) is 0 Å². The zero-order valence-electron chi connectivity index (χ0n) is 4.82. The summed E-state index contributed by atoms with van der Waals surface area (Å²) in [6, 6.07) is 0. The smallest absolute Gasteiger partial charge is 0.290 e. The second kappa shape index (κ2) is 6.68. The van der Waals surface area contributed by atoms with Crippen molar-refractivity contribution < 1.29 is 9.90 Å². The molecule has 0 bridgehead atoms. The van der Waals surface area contributed by atoms with Crippen LogP contribution in [0, 0.1) is 0 Å². The van der Waals surface area contributed by atoms with Crippen LogP contribution in [-0.2, 0) is 4.79 Å². The third kappa shape index (κ3) is 6.68. The van der Waals surface area contributed by atoms with Gasteiger partial charge in [0.25, 0.3) is 6.47 Å². The molecule has 9 heavy (non-hydrogen) atoms. The van der Waals surface area contributed by atoms with Crippen molar-refractivity contribution >= 4 is 12.8 Å². The number of rotatable bonds is 0. The van der Waals surface area contributed by atoms with Crippen LogP contribution in [0.3, 0.4) is 0 Å². The molecule has 0 aliphatic carbocycles. The number of carbonyl (C=O) groups is 1. The highest BCUT2D eigenvalue weighted by molar-refractivity contribution is 5.56. The lowest BCUT2D eigenvalue weighted by Crippen LogP contribution is -2.04. The van der Waals surface area contributed by atoms with Gasteiger partial charge in [0, 0.05) is 0 Å². The number of nitrogens with zero attached hydrogens (tertiary/aromatic N) is 1. The van der Waals surface area contributed by atoms with Crippen molar-refractivity contribution in [3.8, 4) is 0 Å². The Bertz CT molecular complexity index is 100. The maximum Gasteiger partial charge on any atom is 0.290 e. The van der Waals surface area contributed by atoms with E-state index in [2.05, 4.69) is 10.3 Å². The second-order valence-electron chi connectivity index (χ2n) is 1.17. The van der Waals surface area contributed by atoms with Crippen LogP contribution >= 0.6 is 0 Å². The summed E-state index contributed by atoms with van der Waals surface area (Å²) in [6.45, 7) is 0.576. The summed E-state index contributed by atoms with van der Waals surface area (Å²) in [5.74, 6) is 0. The van der Waals surface area contributed by atoms with Gasteiger partial charge in [-0.15, -0.1) is 0 Å². The average molecular weight is 128 g/mol. The van der Waals surface area contributed by atoms with Gasteiger partial charge in [-0.2, -0.15) is 0 Å². The molecule has 1 aliphatic rings. The molecule has 4 nitrogen and oxygen atoms in total. The van der Waals surface area contributed by atoms with E-state index in [0.717, 1.165) is 6.54 Å². The summed E-state index contributed by atoms with van der Waals surface area (Å²) in [4.78, 5) is 12.2. The molecule has 2 N–H and O–H groups in total. The SMILES string of the molecule is C1=CNC=NC1.O=CO. The summed E-state index contributed by atoms with van der Waals surface area (Å²) in [6.07, 6.45) is 5.51. The van der Waals surface area contributed by atoms with Crippen molar-refractivity contribution in [2.45, 2.75) is 0 Å². The topological polar surface area (TPSA) is 61.7 Å². The van der Waals surface area contributed by atoms with E-state index < -0.39 is 0 Å². The van der Waals surface area contributed by atoms with Gasteiger partial charge < -0.3 is 10.4 Å². The van der Waals surface area contributed by atoms with Crippen LogP contribution in [0.25, 0.3) is 0 Å². The average Bonchev–Trinajstić information content (AvgIpc) is 1.93. The molecule has 0 saturated carbocycles.